The van der Waals surface area contributed by atoms with Gasteiger partial charge in [-0.25, -0.2) is 0 Å². The number of hydrogen-bond donors (Lipinski definition) is 2. The molecule has 3 heterocycles. The van der Waals surface area contributed by atoms with Gasteiger partial charge in [0.1, 0.15) is 5.76 Å². The number of carboxylic acid groups (broad SMARTS) is 1. The fourth-order valence-electron chi connectivity index (χ4n) is 3.77. The molecule has 1 aromatic heterocycles. The van der Waals surface area contributed by atoms with Crippen LogP contribution in [-0.2, 0) is 16.1 Å². The fourth-order valence-corrected chi connectivity index (χ4v) is 3.77. The van der Waals surface area contributed by atoms with Gasteiger partial charge in [-0.15, -0.1) is 0 Å². The smallest absolute Gasteiger partial charge is 0.308 e. The van der Waals surface area contributed by atoms with Crippen LogP contribution in [0.25, 0.3) is 0 Å². The molecule has 2 bridgehead atoms. The van der Waals surface area contributed by atoms with Crippen LogP contribution in [0.2, 0.25) is 0 Å². The van der Waals surface area contributed by atoms with Crippen LogP contribution in [0.1, 0.15) is 31.9 Å². The molecule has 0 radical (unpaired) electrons. The number of furan rings is 1. The average Bonchev–Trinajstić information content (AvgIpc) is 3.18. The number of nitrogens with zero attached hydrogens (tertiary/aromatic N) is 1. The first-order valence-corrected chi connectivity index (χ1v) is 7.38. The van der Waals surface area contributed by atoms with E-state index >= 15 is 0 Å². The third-order valence-electron chi connectivity index (χ3n) is 4.75. The van der Waals surface area contributed by atoms with E-state index in [2.05, 4.69) is 10.2 Å². The van der Waals surface area contributed by atoms with Crippen molar-refractivity contribution >= 4 is 11.9 Å². The molecule has 1 amide bonds. The van der Waals surface area contributed by atoms with Crippen molar-refractivity contribution in [3.63, 3.8) is 0 Å². The molecule has 6 heteroatoms. The first-order chi connectivity index (χ1) is 10.1. The molecule has 4 unspecified atom stereocenters. The first-order valence-electron chi connectivity index (χ1n) is 7.38. The lowest BCUT2D eigenvalue weighted by Crippen LogP contribution is -2.48. The van der Waals surface area contributed by atoms with Gasteiger partial charge in [-0.2, -0.15) is 0 Å². The molecule has 2 saturated heterocycles. The van der Waals surface area contributed by atoms with Gasteiger partial charge in [0.15, 0.2) is 0 Å². The summed E-state index contributed by atoms with van der Waals surface area (Å²) >= 11 is 0. The lowest BCUT2D eigenvalue weighted by molar-refractivity contribution is -0.143. The minimum atomic E-state index is -0.740. The molecule has 6 nitrogen and oxygen atoms in total. The molecular weight excluding hydrogens is 272 g/mol. The Balaban J connectivity index is 1.61. The van der Waals surface area contributed by atoms with Gasteiger partial charge in [-0.05, 0) is 38.3 Å². The predicted molar refractivity (Wildman–Crippen MR) is 74.4 cm³/mol. The van der Waals surface area contributed by atoms with Gasteiger partial charge in [-0.1, -0.05) is 0 Å². The Bertz CT molecular complexity index is 528. The lowest BCUT2D eigenvalue weighted by atomic mass is 9.89. The van der Waals surface area contributed by atoms with E-state index in [1.54, 1.807) is 12.3 Å². The Morgan fingerprint density at radius 2 is 2.33 bits per heavy atom. The molecule has 2 aliphatic rings. The zero-order chi connectivity index (χ0) is 15.0. The zero-order valence-corrected chi connectivity index (χ0v) is 12.0. The molecular formula is C15H20N2O4. The summed E-state index contributed by atoms with van der Waals surface area (Å²) in [5, 5.41) is 12.1. The second-order valence-electron chi connectivity index (χ2n) is 5.90. The van der Waals surface area contributed by atoms with Crippen LogP contribution in [0.3, 0.4) is 0 Å². The van der Waals surface area contributed by atoms with Gasteiger partial charge in [0.2, 0.25) is 5.91 Å². The van der Waals surface area contributed by atoms with Crippen LogP contribution >= 0.6 is 0 Å². The van der Waals surface area contributed by atoms with E-state index in [1.807, 2.05) is 13.0 Å². The summed E-state index contributed by atoms with van der Waals surface area (Å²) in [5.41, 5.74) is 0. The lowest BCUT2D eigenvalue weighted by Gasteiger charge is -2.28. The molecule has 1 aromatic rings. The largest absolute Gasteiger partial charge is 0.481 e. The summed E-state index contributed by atoms with van der Waals surface area (Å²) in [4.78, 5) is 25.6. The molecule has 2 N–H and O–H groups in total. The van der Waals surface area contributed by atoms with Crippen LogP contribution in [0.5, 0.6) is 0 Å². The molecule has 4 atom stereocenters. The topological polar surface area (TPSA) is 82.8 Å². The van der Waals surface area contributed by atoms with E-state index in [1.165, 1.54) is 0 Å². The number of fused-ring (bicyclic) bond motifs is 2. The Morgan fingerprint density at radius 3 is 2.95 bits per heavy atom. The van der Waals surface area contributed by atoms with Gasteiger partial charge in [0.25, 0.3) is 0 Å². The van der Waals surface area contributed by atoms with E-state index in [0.29, 0.717) is 18.7 Å². The van der Waals surface area contributed by atoms with Gasteiger partial charge in [0.05, 0.1) is 24.8 Å². The van der Waals surface area contributed by atoms with Crippen molar-refractivity contribution in [3.8, 4) is 0 Å². The van der Waals surface area contributed by atoms with Crippen molar-refractivity contribution < 1.29 is 19.1 Å². The maximum atomic E-state index is 12.3. The quantitative estimate of drug-likeness (QED) is 0.852. The van der Waals surface area contributed by atoms with Crippen LogP contribution < -0.4 is 5.32 Å². The number of carbonyl (C=O) groups excluding carboxylic acids is 1. The van der Waals surface area contributed by atoms with Crippen molar-refractivity contribution in [2.24, 2.45) is 5.92 Å². The van der Waals surface area contributed by atoms with Crippen molar-refractivity contribution in [2.45, 2.75) is 50.9 Å². The fraction of sp³-hybridized carbons (Fsp3) is 0.600. The highest BCUT2D eigenvalue weighted by molar-refractivity contribution is 5.81. The molecule has 0 aromatic carbocycles. The maximum absolute atomic E-state index is 12.3. The number of rotatable bonds is 5. The minimum absolute atomic E-state index is 0.00290. The van der Waals surface area contributed by atoms with Crippen LogP contribution in [0, 0.1) is 5.92 Å². The summed E-state index contributed by atoms with van der Waals surface area (Å²) in [6, 6.07) is 3.51. The minimum Gasteiger partial charge on any atom is -0.481 e. The monoisotopic (exact) mass is 292 g/mol. The molecule has 0 saturated carbocycles. The molecule has 0 spiro atoms. The van der Waals surface area contributed by atoms with Crippen LogP contribution in [-0.4, -0.2) is 40.0 Å². The highest BCUT2D eigenvalue weighted by Gasteiger charge is 2.51. The number of aliphatic carboxylic acids is 1. The molecule has 114 valence electrons. The molecule has 21 heavy (non-hydrogen) atoms. The Labute approximate surface area is 123 Å². The SMILES string of the molecule is CC(C(=O)NCc1ccco1)N1C2CCC1C(C(=O)O)C2. The maximum Gasteiger partial charge on any atom is 0.308 e. The summed E-state index contributed by atoms with van der Waals surface area (Å²) in [5.74, 6) is -0.433. The average molecular weight is 292 g/mol. The number of carbonyl (C=O) groups is 2. The van der Waals surface area contributed by atoms with E-state index in [9.17, 15) is 14.7 Å². The summed E-state index contributed by atoms with van der Waals surface area (Å²) in [6.07, 6.45) is 4.10. The third kappa shape index (κ3) is 2.55. The Morgan fingerprint density at radius 1 is 1.52 bits per heavy atom. The van der Waals surface area contributed by atoms with Gasteiger partial charge in [-0.3, -0.25) is 14.5 Å². The number of hydrogen-bond acceptors (Lipinski definition) is 4. The highest BCUT2D eigenvalue weighted by atomic mass is 16.4. The summed E-state index contributed by atoms with van der Waals surface area (Å²) in [7, 11) is 0. The number of amides is 1. The zero-order valence-electron chi connectivity index (χ0n) is 12.0. The van der Waals surface area contributed by atoms with Crippen LogP contribution in [0.15, 0.2) is 22.8 Å². The predicted octanol–water partition coefficient (Wildman–Crippen LogP) is 1.22. The van der Waals surface area contributed by atoms with Crippen molar-refractivity contribution in [1.82, 2.24) is 10.2 Å². The Kier molecular flexibility index (Phi) is 3.71. The van der Waals surface area contributed by atoms with Crippen molar-refractivity contribution in [1.29, 1.82) is 0 Å². The first kappa shape index (κ1) is 14.1. The van der Waals surface area contributed by atoms with Crippen molar-refractivity contribution in [3.05, 3.63) is 24.2 Å². The van der Waals surface area contributed by atoms with Gasteiger partial charge >= 0.3 is 5.97 Å². The molecule has 3 rings (SSSR count). The second kappa shape index (κ2) is 5.52. The van der Waals surface area contributed by atoms with Crippen LogP contribution in [0.4, 0.5) is 0 Å². The standard InChI is InChI=1S/C15H20N2O4/c1-9(14(18)16-8-11-3-2-6-21-11)17-10-4-5-13(17)12(7-10)15(19)20/h2-3,6,9-10,12-13H,4-5,7-8H2,1H3,(H,16,18)(H,19,20). The van der Waals surface area contributed by atoms with Gasteiger partial charge < -0.3 is 14.8 Å². The molecule has 2 aliphatic heterocycles. The number of nitrogens with one attached hydrogen (secondary N) is 1. The normalized spacial score (nSPS) is 29.5. The third-order valence-corrected chi connectivity index (χ3v) is 4.75. The molecule has 2 fully saturated rings. The number of carboxylic acids is 1. The van der Waals surface area contributed by atoms with E-state index in [0.717, 1.165) is 12.8 Å². The summed E-state index contributed by atoms with van der Waals surface area (Å²) < 4.78 is 5.19. The molecule has 0 aliphatic carbocycles. The van der Waals surface area contributed by atoms with E-state index < -0.39 is 5.97 Å². The van der Waals surface area contributed by atoms with E-state index in [4.69, 9.17) is 4.42 Å². The van der Waals surface area contributed by atoms with Crippen molar-refractivity contribution in [2.75, 3.05) is 0 Å². The Hall–Kier alpha value is -1.82. The second-order valence-corrected chi connectivity index (χ2v) is 5.90. The summed E-state index contributed by atoms with van der Waals surface area (Å²) in [6.45, 7) is 2.22. The van der Waals surface area contributed by atoms with E-state index in [-0.39, 0.29) is 30.0 Å². The highest BCUT2D eigenvalue weighted by Crippen LogP contribution is 2.43. The van der Waals surface area contributed by atoms with Gasteiger partial charge in [0, 0.05) is 12.1 Å².